The van der Waals surface area contributed by atoms with Gasteiger partial charge < -0.3 is 9.64 Å². The van der Waals surface area contributed by atoms with Crippen molar-refractivity contribution in [1.29, 1.82) is 0 Å². The summed E-state index contributed by atoms with van der Waals surface area (Å²) in [6.45, 7) is 5.35. The van der Waals surface area contributed by atoms with Crippen LogP contribution < -0.4 is 4.90 Å². The maximum Gasteiger partial charge on any atom is 0.282 e. The maximum atomic E-state index is 13.2. The quantitative estimate of drug-likeness (QED) is 0.761. The van der Waals surface area contributed by atoms with Gasteiger partial charge in [0.05, 0.1) is 18.6 Å². The van der Waals surface area contributed by atoms with Gasteiger partial charge in [-0.3, -0.25) is 4.79 Å². The van der Waals surface area contributed by atoms with E-state index in [9.17, 15) is 13.2 Å². The number of nitrogens with zero attached hydrogens (tertiary/aromatic N) is 3. The predicted molar refractivity (Wildman–Crippen MR) is 107 cm³/mol. The number of hydrogen-bond donors (Lipinski definition) is 0. The van der Waals surface area contributed by atoms with Crippen molar-refractivity contribution in [3.05, 3.63) is 29.8 Å². The molecular weight excluding hydrogens is 378 g/mol. The Hall–Kier alpha value is -1.48. The fourth-order valence-electron chi connectivity index (χ4n) is 4.53. The first-order valence-corrected chi connectivity index (χ1v) is 11.6. The Labute approximate surface area is 167 Å². The summed E-state index contributed by atoms with van der Waals surface area (Å²) < 4.78 is 34.1. The Morgan fingerprint density at radius 3 is 2.11 bits per heavy atom. The molecule has 0 saturated carbocycles. The van der Waals surface area contributed by atoms with Gasteiger partial charge in [0.25, 0.3) is 10.2 Å². The number of ether oxygens (including phenoxy) is 1. The first kappa shape index (κ1) is 19.8. The molecule has 1 aromatic carbocycles. The highest BCUT2D eigenvalue weighted by Gasteiger charge is 2.50. The second-order valence-electron chi connectivity index (χ2n) is 7.93. The Morgan fingerprint density at radius 2 is 1.50 bits per heavy atom. The Kier molecular flexibility index (Phi) is 5.48. The number of benzene rings is 1. The fourth-order valence-corrected chi connectivity index (χ4v) is 6.11. The Morgan fingerprint density at radius 1 is 0.929 bits per heavy atom. The molecule has 0 atom stereocenters. The lowest BCUT2D eigenvalue weighted by molar-refractivity contribution is -0.127. The van der Waals surface area contributed by atoms with Crippen molar-refractivity contribution in [2.75, 3.05) is 50.8 Å². The second kappa shape index (κ2) is 7.74. The molecule has 0 bridgehead atoms. The number of anilines is 1. The molecule has 4 rings (SSSR count). The molecule has 3 saturated heterocycles. The van der Waals surface area contributed by atoms with Gasteiger partial charge in [0.1, 0.15) is 0 Å². The zero-order valence-corrected chi connectivity index (χ0v) is 17.3. The van der Waals surface area contributed by atoms with Crippen LogP contribution in [0.15, 0.2) is 24.3 Å². The van der Waals surface area contributed by atoms with E-state index in [-0.39, 0.29) is 5.91 Å². The molecule has 1 spiro atoms. The van der Waals surface area contributed by atoms with Crippen molar-refractivity contribution in [3.8, 4) is 0 Å². The van der Waals surface area contributed by atoms with Crippen LogP contribution in [0.2, 0.25) is 0 Å². The van der Waals surface area contributed by atoms with Gasteiger partial charge in [0.2, 0.25) is 5.91 Å². The van der Waals surface area contributed by atoms with Crippen LogP contribution in [0.3, 0.4) is 0 Å². The number of aryl methyl sites for hydroxylation is 1. The minimum atomic E-state index is -3.46. The molecule has 7 nitrogen and oxygen atoms in total. The summed E-state index contributed by atoms with van der Waals surface area (Å²) in [5.74, 6) is 0.153. The standard InChI is InChI=1S/C20H29N3O4S/c1-2-17-3-5-18(6-4-17)23-12-9-20(19(23)24)7-10-21(11-8-20)28(25,26)22-13-15-27-16-14-22/h3-6H,2,7-16H2,1H3. The van der Waals surface area contributed by atoms with E-state index in [1.807, 2.05) is 17.0 Å². The third-order valence-electron chi connectivity index (χ3n) is 6.47. The van der Waals surface area contributed by atoms with E-state index in [0.717, 1.165) is 18.5 Å². The largest absolute Gasteiger partial charge is 0.379 e. The van der Waals surface area contributed by atoms with Gasteiger partial charge in [-0.15, -0.1) is 0 Å². The van der Waals surface area contributed by atoms with Crippen molar-refractivity contribution in [3.63, 3.8) is 0 Å². The average molecular weight is 408 g/mol. The highest BCUT2D eigenvalue weighted by Crippen LogP contribution is 2.43. The minimum absolute atomic E-state index is 0.153. The van der Waals surface area contributed by atoms with E-state index >= 15 is 0 Å². The molecule has 3 aliphatic rings. The molecule has 28 heavy (non-hydrogen) atoms. The number of piperidine rings is 1. The zero-order chi connectivity index (χ0) is 19.8. The molecule has 3 aliphatic heterocycles. The molecule has 0 radical (unpaired) electrons. The maximum absolute atomic E-state index is 13.2. The summed E-state index contributed by atoms with van der Waals surface area (Å²) >= 11 is 0. The summed E-state index contributed by atoms with van der Waals surface area (Å²) in [7, 11) is -3.46. The van der Waals surface area contributed by atoms with E-state index in [1.165, 1.54) is 9.87 Å². The van der Waals surface area contributed by atoms with E-state index < -0.39 is 15.6 Å². The van der Waals surface area contributed by atoms with Gasteiger partial charge in [0, 0.05) is 38.4 Å². The smallest absolute Gasteiger partial charge is 0.282 e. The third-order valence-corrected chi connectivity index (χ3v) is 8.51. The molecule has 0 N–H and O–H groups in total. The van der Waals surface area contributed by atoms with Gasteiger partial charge in [0.15, 0.2) is 0 Å². The van der Waals surface area contributed by atoms with Crippen molar-refractivity contribution >= 4 is 21.8 Å². The molecule has 1 aromatic rings. The fraction of sp³-hybridized carbons (Fsp3) is 0.650. The van der Waals surface area contributed by atoms with E-state index in [0.29, 0.717) is 58.8 Å². The zero-order valence-electron chi connectivity index (χ0n) is 16.5. The second-order valence-corrected chi connectivity index (χ2v) is 9.85. The van der Waals surface area contributed by atoms with Crippen LogP contribution in [0.4, 0.5) is 5.69 Å². The lowest BCUT2D eigenvalue weighted by Gasteiger charge is -2.39. The van der Waals surface area contributed by atoms with Gasteiger partial charge >= 0.3 is 0 Å². The number of carbonyl (C=O) groups excluding carboxylic acids is 1. The lowest BCUT2D eigenvalue weighted by atomic mass is 9.77. The lowest BCUT2D eigenvalue weighted by Crippen LogP contribution is -2.53. The third kappa shape index (κ3) is 3.47. The normalized spacial score (nSPS) is 24.2. The van der Waals surface area contributed by atoms with Crippen LogP contribution in [0, 0.1) is 5.41 Å². The number of hydrogen-bond acceptors (Lipinski definition) is 4. The van der Waals surface area contributed by atoms with E-state index in [1.54, 1.807) is 4.31 Å². The minimum Gasteiger partial charge on any atom is -0.379 e. The average Bonchev–Trinajstić information content (AvgIpc) is 3.05. The van der Waals surface area contributed by atoms with Crippen molar-refractivity contribution in [1.82, 2.24) is 8.61 Å². The van der Waals surface area contributed by atoms with Crippen LogP contribution in [-0.4, -0.2) is 68.9 Å². The summed E-state index contributed by atoms with van der Waals surface area (Å²) in [6, 6.07) is 8.19. The van der Waals surface area contributed by atoms with Gasteiger partial charge in [-0.25, -0.2) is 0 Å². The van der Waals surface area contributed by atoms with Crippen LogP contribution in [0.1, 0.15) is 31.7 Å². The van der Waals surface area contributed by atoms with Crippen LogP contribution in [-0.2, 0) is 26.2 Å². The molecule has 0 aliphatic carbocycles. The van der Waals surface area contributed by atoms with Crippen LogP contribution in [0.5, 0.6) is 0 Å². The molecule has 0 unspecified atom stereocenters. The molecule has 154 valence electrons. The highest BCUT2D eigenvalue weighted by atomic mass is 32.2. The molecule has 1 amide bonds. The monoisotopic (exact) mass is 407 g/mol. The summed E-state index contributed by atoms with van der Waals surface area (Å²) in [5, 5.41) is 0. The van der Waals surface area contributed by atoms with Gasteiger partial charge in [-0.2, -0.15) is 17.0 Å². The number of carbonyl (C=O) groups is 1. The summed E-state index contributed by atoms with van der Waals surface area (Å²) in [5.41, 5.74) is 1.79. The molecular formula is C20H29N3O4S. The topological polar surface area (TPSA) is 70.2 Å². The summed E-state index contributed by atoms with van der Waals surface area (Å²) in [6.07, 6.45) is 2.97. The SMILES string of the molecule is CCc1ccc(N2CCC3(CCN(S(=O)(=O)N4CCOCC4)CC3)C2=O)cc1. The molecule has 3 heterocycles. The van der Waals surface area contributed by atoms with Crippen LogP contribution in [0.25, 0.3) is 0 Å². The van der Waals surface area contributed by atoms with Crippen LogP contribution >= 0.6 is 0 Å². The molecule has 0 aromatic heterocycles. The van der Waals surface area contributed by atoms with Gasteiger partial charge in [-0.05, 0) is 43.4 Å². The van der Waals surface area contributed by atoms with Crippen molar-refractivity contribution in [2.24, 2.45) is 5.41 Å². The van der Waals surface area contributed by atoms with E-state index in [4.69, 9.17) is 4.74 Å². The summed E-state index contributed by atoms with van der Waals surface area (Å²) in [4.78, 5) is 15.1. The van der Waals surface area contributed by atoms with Crippen molar-refractivity contribution in [2.45, 2.75) is 32.6 Å². The van der Waals surface area contributed by atoms with E-state index in [2.05, 4.69) is 19.1 Å². The highest BCUT2D eigenvalue weighted by molar-refractivity contribution is 7.86. The number of morpholine rings is 1. The number of amides is 1. The predicted octanol–water partition coefficient (Wildman–Crippen LogP) is 1.64. The Bertz CT molecular complexity index is 810. The van der Waals surface area contributed by atoms with Gasteiger partial charge in [-0.1, -0.05) is 19.1 Å². The first-order valence-electron chi connectivity index (χ1n) is 10.2. The molecule has 8 heteroatoms. The molecule has 3 fully saturated rings. The first-order chi connectivity index (χ1) is 13.5. The van der Waals surface area contributed by atoms with Crippen molar-refractivity contribution < 1.29 is 17.9 Å². The number of rotatable bonds is 4. The Balaban J connectivity index is 1.43.